The zero-order valence-electron chi connectivity index (χ0n) is 19.0. The first-order valence-electron chi connectivity index (χ1n) is 11.4. The van der Waals surface area contributed by atoms with Crippen LogP contribution in [-0.2, 0) is 11.3 Å². The summed E-state index contributed by atoms with van der Waals surface area (Å²) in [6.45, 7) is 9.52. The SMILES string of the molecule is C[C@H](NC(=O)c1ccccc1CN1CCOCC1)c1cc(F)ccc1N1CCN(C)CC1. The third-order valence-electron chi connectivity index (χ3n) is 6.41. The molecule has 0 spiro atoms. The van der Waals surface area contributed by atoms with Gasteiger partial charge in [0, 0.05) is 62.6 Å². The third kappa shape index (κ3) is 5.46. The van der Waals surface area contributed by atoms with Crippen molar-refractivity contribution in [3.63, 3.8) is 0 Å². The predicted molar refractivity (Wildman–Crippen MR) is 125 cm³/mol. The third-order valence-corrected chi connectivity index (χ3v) is 6.41. The smallest absolute Gasteiger partial charge is 0.252 e. The predicted octanol–water partition coefficient (Wildman–Crippen LogP) is 2.90. The Morgan fingerprint density at radius 1 is 1.06 bits per heavy atom. The first-order valence-corrected chi connectivity index (χ1v) is 11.4. The van der Waals surface area contributed by atoms with Gasteiger partial charge in [0.05, 0.1) is 19.3 Å². The van der Waals surface area contributed by atoms with Crippen LogP contribution >= 0.6 is 0 Å². The van der Waals surface area contributed by atoms with Gasteiger partial charge < -0.3 is 19.9 Å². The summed E-state index contributed by atoms with van der Waals surface area (Å²) in [6, 6.07) is 12.3. The number of hydrogen-bond donors (Lipinski definition) is 1. The molecule has 2 aromatic carbocycles. The maximum Gasteiger partial charge on any atom is 0.252 e. The number of rotatable bonds is 6. The summed E-state index contributed by atoms with van der Waals surface area (Å²) in [7, 11) is 2.11. The van der Waals surface area contributed by atoms with Gasteiger partial charge in [-0.2, -0.15) is 0 Å². The number of carbonyl (C=O) groups excluding carboxylic acids is 1. The summed E-state index contributed by atoms with van der Waals surface area (Å²) >= 11 is 0. The molecule has 0 bridgehead atoms. The van der Waals surface area contributed by atoms with Crippen LogP contribution in [0.3, 0.4) is 0 Å². The van der Waals surface area contributed by atoms with Crippen molar-refractivity contribution in [2.24, 2.45) is 0 Å². The maximum absolute atomic E-state index is 14.2. The van der Waals surface area contributed by atoms with Crippen LogP contribution in [0.1, 0.15) is 34.5 Å². The topological polar surface area (TPSA) is 48.1 Å². The minimum atomic E-state index is -0.315. The molecule has 2 heterocycles. The molecule has 2 aliphatic heterocycles. The normalized spacial score (nSPS) is 19.0. The molecule has 0 aromatic heterocycles. The number of hydrogen-bond acceptors (Lipinski definition) is 5. The Morgan fingerprint density at radius 2 is 1.78 bits per heavy atom. The van der Waals surface area contributed by atoms with Gasteiger partial charge in [0.15, 0.2) is 0 Å². The van der Waals surface area contributed by atoms with Crippen molar-refractivity contribution < 1.29 is 13.9 Å². The number of carbonyl (C=O) groups is 1. The fourth-order valence-corrected chi connectivity index (χ4v) is 4.44. The number of halogens is 1. The average Bonchev–Trinajstić information content (AvgIpc) is 2.80. The number of piperazine rings is 1. The zero-order valence-corrected chi connectivity index (χ0v) is 19.0. The van der Waals surface area contributed by atoms with Crippen LogP contribution < -0.4 is 10.2 Å². The van der Waals surface area contributed by atoms with E-state index >= 15 is 0 Å². The summed E-state index contributed by atoms with van der Waals surface area (Å²) < 4.78 is 19.6. The molecule has 0 radical (unpaired) electrons. The Labute approximate surface area is 189 Å². The van der Waals surface area contributed by atoms with E-state index in [4.69, 9.17) is 4.74 Å². The van der Waals surface area contributed by atoms with Crippen molar-refractivity contribution in [2.75, 3.05) is 64.4 Å². The number of morpholine rings is 1. The van der Waals surface area contributed by atoms with Crippen LogP contribution in [0.2, 0.25) is 0 Å². The molecule has 32 heavy (non-hydrogen) atoms. The molecule has 6 nitrogen and oxygen atoms in total. The quantitative estimate of drug-likeness (QED) is 0.749. The van der Waals surface area contributed by atoms with Crippen LogP contribution in [0.5, 0.6) is 0 Å². The number of benzene rings is 2. The van der Waals surface area contributed by atoms with Crippen molar-refractivity contribution in [1.82, 2.24) is 15.1 Å². The molecule has 1 atom stereocenters. The van der Waals surface area contributed by atoms with E-state index in [1.165, 1.54) is 6.07 Å². The highest BCUT2D eigenvalue weighted by molar-refractivity contribution is 5.96. The monoisotopic (exact) mass is 440 g/mol. The molecule has 1 N–H and O–H groups in total. The first kappa shape index (κ1) is 22.7. The second-order valence-electron chi connectivity index (χ2n) is 8.73. The van der Waals surface area contributed by atoms with Crippen molar-refractivity contribution in [3.05, 3.63) is 65.0 Å². The maximum atomic E-state index is 14.2. The summed E-state index contributed by atoms with van der Waals surface area (Å²) in [6.07, 6.45) is 0. The van der Waals surface area contributed by atoms with Crippen LogP contribution in [0.15, 0.2) is 42.5 Å². The lowest BCUT2D eigenvalue weighted by molar-refractivity contribution is 0.0340. The van der Waals surface area contributed by atoms with Crippen molar-refractivity contribution >= 4 is 11.6 Å². The second-order valence-corrected chi connectivity index (χ2v) is 8.73. The fourth-order valence-electron chi connectivity index (χ4n) is 4.44. The Balaban J connectivity index is 1.50. The van der Waals surface area contributed by atoms with E-state index < -0.39 is 0 Å². The van der Waals surface area contributed by atoms with E-state index in [-0.39, 0.29) is 17.8 Å². The lowest BCUT2D eigenvalue weighted by atomic mass is 10.0. The average molecular weight is 441 g/mol. The van der Waals surface area contributed by atoms with E-state index in [9.17, 15) is 9.18 Å². The molecule has 1 amide bonds. The molecule has 2 aliphatic rings. The van der Waals surface area contributed by atoms with Crippen molar-refractivity contribution in [1.29, 1.82) is 0 Å². The van der Waals surface area contributed by atoms with Gasteiger partial charge in [-0.3, -0.25) is 9.69 Å². The minimum Gasteiger partial charge on any atom is -0.379 e. The molecule has 2 saturated heterocycles. The number of amides is 1. The number of nitrogens with zero attached hydrogens (tertiary/aromatic N) is 3. The molecular formula is C25H33FN4O2. The van der Waals surface area contributed by atoms with Gasteiger partial charge in [0.2, 0.25) is 0 Å². The molecular weight excluding hydrogens is 407 g/mol. The van der Waals surface area contributed by atoms with Gasteiger partial charge in [-0.1, -0.05) is 18.2 Å². The summed E-state index contributed by atoms with van der Waals surface area (Å²) in [5.41, 5.74) is 3.48. The largest absolute Gasteiger partial charge is 0.379 e. The lowest BCUT2D eigenvalue weighted by Crippen LogP contribution is -2.45. The Morgan fingerprint density at radius 3 is 2.53 bits per heavy atom. The number of nitrogens with one attached hydrogen (secondary N) is 1. The van der Waals surface area contributed by atoms with E-state index in [1.807, 2.05) is 37.3 Å². The fraction of sp³-hybridized carbons (Fsp3) is 0.480. The Hall–Kier alpha value is -2.48. The van der Waals surface area contributed by atoms with Crippen LogP contribution in [0, 0.1) is 5.82 Å². The summed E-state index contributed by atoms with van der Waals surface area (Å²) in [4.78, 5) is 20.1. The highest BCUT2D eigenvalue weighted by Crippen LogP contribution is 2.29. The minimum absolute atomic E-state index is 0.130. The molecule has 172 valence electrons. The van der Waals surface area contributed by atoms with Gasteiger partial charge >= 0.3 is 0 Å². The molecule has 0 aliphatic carbocycles. The van der Waals surface area contributed by atoms with E-state index in [2.05, 4.69) is 27.1 Å². The molecule has 0 saturated carbocycles. The highest BCUT2D eigenvalue weighted by Gasteiger charge is 2.23. The van der Waals surface area contributed by atoms with E-state index in [0.29, 0.717) is 12.1 Å². The molecule has 4 rings (SSSR count). The Bertz CT molecular complexity index is 924. The van der Waals surface area contributed by atoms with Crippen molar-refractivity contribution in [3.8, 4) is 0 Å². The molecule has 2 aromatic rings. The number of likely N-dealkylation sites (N-methyl/N-ethyl adjacent to an activating group) is 1. The zero-order chi connectivity index (χ0) is 22.5. The van der Waals surface area contributed by atoms with Gasteiger partial charge in [-0.25, -0.2) is 4.39 Å². The second kappa shape index (κ2) is 10.4. The highest BCUT2D eigenvalue weighted by atomic mass is 19.1. The van der Waals surface area contributed by atoms with Crippen LogP contribution in [0.25, 0.3) is 0 Å². The summed E-state index contributed by atoms with van der Waals surface area (Å²) in [5, 5.41) is 3.12. The lowest BCUT2D eigenvalue weighted by Gasteiger charge is -2.36. The van der Waals surface area contributed by atoms with Crippen molar-refractivity contribution in [2.45, 2.75) is 19.5 Å². The van der Waals surface area contributed by atoms with Crippen LogP contribution in [0.4, 0.5) is 10.1 Å². The number of ether oxygens (including phenoxy) is 1. The van der Waals surface area contributed by atoms with Crippen LogP contribution in [-0.4, -0.2) is 75.2 Å². The first-order chi connectivity index (χ1) is 15.5. The summed E-state index contributed by atoms with van der Waals surface area (Å²) in [5.74, 6) is -0.415. The Kier molecular flexibility index (Phi) is 7.40. The van der Waals surface area contributed by atoms with Gasteiger partial charge in [0.25, 0.3) is 5.91 Å². The van der Waals surface area contributed by atoms with Gasteiger partial charge in [-0.05, 0) is 43.8 Å². The van der Waals surface area contributed by atoms with E-state index in [1.54, 1.807) is 6.07 Å². The van der Waals surface area contributed by atoms with Gasteiger partial charge in [-0.15, -0.1) is 0 Å². The standard InChI is InChI=1S/C25H33FN4O2/c1-19(23-17-21(26)7-8-24(23)30-11-9-28(2)10-12-30)27-25(31)22-6-4-3-5-20(22)18-29-13-15-32-16-14-29/h3-8,17,19H,9-16,18H2,1-2H3,(H,27,31)/t19-/m0/s1. The number of anilines is 1. The molecule has 2 fully saturated rings. The molecule has 0 unspecified atom stereocenters. The van der Waals surface area contributed by atoms with Gasteiger partial charge in [0.1, 0.15) is 5.82 Å². The van der Waals surface area contributed by atoms with E-state index in [0.717, 1.165) is 69.3 Å². The molecule has 7 heteroatoms.